The largest absolute Gasteiger partial charge is 0.394 e. The summed E-state index contributed by atoms with van der Waals surface area (Å²) in [6.07, 6.45) is 43.9. The Morgan fingerprint density at radius 2 is 1.02 bits per heavy atom. The van der Waals surface area contributed by atoms with Gasteiger partial charge in [0.15, 0.2) is 0 Å². The Balaban J connectivity index is 3.73. The molecular formula is C40H73NO4. The normalized spacial score (nSPS) is 14.3. The first-order valence-electron chi connectivity index (χ1n) is 18.9. The lowest BCUT2D eigenvalue weighted by Gasteiger charge is -2.20. The van der Waals surface area contributed by atoms with Crippen molar-refractivity contribution in [2.45, 2.75) is 193 Å². The highest BCUT2D eigenvalue weighted by atomic mass is 16.3. The van der Waals surface area contributed by atoms with Gasteiger partial charge in [-0.25, -0.2) is 0 Å². The summed E-state index contributed by atoms with van der Waals surface area (Å²) in [7, 11) is 0. The summed E-state index contributed by atoms with van der Waals surface area (Å²) in [5, 5.41) is 32.9. The number of hydrogen-bond acceptors (Lipinski definition) is 4. The molecule has 1 amide bonds. The second-order valence-electron chi connectivity index (χ2n) is 12.8. The van der Waals surface area contributed by atoms with Crippen LogP contribution in [0.1, 0.15) is 174 Å². The van der Waals surface area contributed by atoms with Gasteiger partial charge >= 0.3 is 0 Å². The zero-order valence-electron chi connectivity index (χ0n) is 29.5. The molecule has 0 heterocycles. The maximum atomic E-state index is 12.3. The van der Waals surface area contributed by atoms with E-state index < -0.39 is 18.2 Å². The average Bonchev–Trinajstić information content (AvgIpc) is 3.03. The van der Waals surface area contributed by atoms with Gasteiger partial charge in [-0.1, -0.05) is 152 Å². The van der Waals surface area contributed by atoms with Crippen molar-refractivity contribution < 1.29 is 20.1 Å². The van der Waals surface area contributed by atoms with Crippen LogP contribution in [0.15, 0.2) is 48.6 Å². The molecule has 0 radical (unpaired) electrons. The van der Waals surface area contributed by atoms with E-state index in [0.717, 1.165) is 51.4 Å². The molecule has 45 heavy (non-hydrogen) atoms. The molecule has 0 rings (SSSR count). The van der Waals surface area contributed by atoms with Gasteiger partial charge < -0.3 is 20.6 Å². The zero-order chi connectivity index (χ0) is 33.1. The molecule has 0 saturated heterocycles. The summed E-state index contributed by atoms with van der Waals surface area (Å²) in [5.41, 5.74) is 0. The minimum atomic E-state index is -0.953. The number of carbonyl (C=O) groups is 1. The third-order valence-electron chi connectivity index (χ3n) is 8.34. The van der Waals surface area contributed by atoms with E-state index >= 15 is 0 Å². The van der Waals surface area contributed by atoms with Crippen LogP contribution in [-0.4, -0.2) is 46.1 Å². The fourth-order valence-corrected chi connectivity index (χ4v) is 5.38. The number of allylic oxidation sites excluding steroid dienone is 7. The van der Waals surface area contributed by atoms with Crippen molar-refractivity contribution in [3.05, 3.63) is 48.6 Å². The van der Waals surface area contributed by atoms with E-state index in [1.165, 1.54) is 96.3 Å². The Morgan fingerprint density at radius 3 is 1.60 bits per heavy atom. The van der Waals surface area contributed by atoms with Crippen molar-refractivity contribution in [1.29, 1.82) is 0 Å². The van der Waals surface area contributed by atoms with Gasteiger partial charge in [0.2, 0.25) is 5.91 Å². The van der Waals surface area contributed by atoms with Crippen LogP contribution in [0, 0.1) is 0 Å². The summed E-state index contributed by atoms with van der Waals surface area (Å²) in [4.78, 5) is 12.3. The van der Waals surface area contributed by atoms with Gasteiger partial charge in [-0.3, -0.25) is 4.79 Å². The van der Waals surface area contributed by atoms with Crippen molar-refractivity contribution in [3.8, 4) is 0 Å². The van der Waals surface area contributed by atoms with Crippen LogP contribution in [0.2, 0.25) is 0 Å². The molecule has 0 fully saturated rings. The lowest BCUT2D eigenvalue weighted by Crippen LogP contribution is -2.45. The van der Waals surface area contributed by atoms with Gasteiger partial charge in [0.05, 0.1) is 31.3 Å². The topological polar surface area (TPSA) is 89.8 Å². The Morgan fingerprint density at radius 1 is 0.578 bits per heavy atom. The molecule has 262 valence electrons. The monoisotopic (exact) mass is 632 g/mol. The van der Waals surface area contributed by atoms with E-state index in [4.69, 9.17) is 0 Å². The second-order valence-corrected chi connectivity index (χ2v) is 12.8. The first-order chi connectivity index (χ1) is 22.0. The van der Waals surface area contributed by atoms with Gasteiger partial charge in [-0.2, -0.15) is 0 Å². The number of aliphatic hydroxyl groups excluding tert-OH is 3. The Hall–Kier alpha value is -1.69. The first-order valence-corrected chi connectivity index (χ1v) is 18.9. The lowest BCUT2D eigenvalue weighted by molar-refractivity contribution is -0.124. The quantitative estimate of drug-likeness (QED) is 0.0429. The molecule has 0 aliphatic carbocycles. The minimum Gasteiger partial charge on any atom is -0.394 e. The Bertz CT molecular complexity index is 745. The molecule has 0 saturated carbocycles. The van der Waals surface area contributed by atoms with E-state index in [2.05, 4.69) is 55.6 Å². The fraction of sp³-hybridized carbons (Fsp3) is 0.775. The van der Waals surface area contributed by atoms with E-state index in [-0.39, 0.29) is 18.9 Å². The van der Waals surface area contributed by atoms with Gasteiger partial charge in [0.1, 0.15) is 0 Å². The molecule has 0 spiro atoms. The molecule has 3 unspecified atom stereocenters. The number of rotatable bonds is 33. The summed E-state index contributed by atoms with van der Waals surface area (Å²) in [5.74, 6) is -0.339. The van der Waals surface area contributed by atoms with E-state index in [9.17, 15) is 20.1 Å². The Labute approximate surface area is 278 Å². The highest BCUT2D eigenvalue weighted by Crippen LogP contribution is 2.13. The first kappa shape index (κ1) is 43.3. The molecule has 0 aromatic rings. The molecule has 0 aliphatic rings. The SMILES string of the molecule is CCCCC/C=C/CC/C=C/C(O)C(CO)NC(=O)CC(O)CCCCCCC/C=C\C/C=C\CCCCCCCCCCC. The predicted octanol–water partition coefficient (Wildman–Crippen LogP) is 10.2. The average molecular weight is 632 g/mol. The van der Waals surface area contributed by atoms with Gasteiger partial charge in [-0.15, -0.1) is 0 Å². The predicted molar refractivity (Wildman–Crippen MR) is 194 cm³/mol. The van der Waals surface area contributed by atoms with Crippen LogP contribution in [0.25, 0.3) is 0 Å². The summed E-state index contributed by atoms with van der Waals surface area (Å²) in [6, 6.07) is -0.764. The van der Waals surface area contributed by atoms with Crippen LogP contribution in [0.5, 0.6) is 0 Å². The third-order valence-corrected chi connectivity index (χ3v) is 8.34. The molecular weight excluding hydrogens is 558 g/mol. The third kappa shape index (κ3) is 32.1. The number of aliphatic hydroxyl groups is 3. The van der Waals surface area contributed by atoms with E-state index in [0.29, 0.717) is 6.42 Å². The number of hydrogen-bond donors (Lipinski definition) is 4. The number of carbonyl (C=O) groups excluding carboxylic acids is 1. The van der Waals surface area contributed by atoms with Crippen molar-refractivity contribution in [3.63, 3.8) is 0 Å². The molecule has 0 aromatic carbocycles. The maximum Gasteiger partial charge on any atom is 0.222 e. The van der Waals surface area contributed by atoms with Gasteiger partial charge in [0.25, 0.3) is 0 Å². The van der Waals surface area contributed by atoms with Crippen LogP contribution in [0.3, 0.4) is 0 Å². The highest BCUT2D eigenvalue weighted by Gasteiger charge is 2.20. The summed E-state index contributed by atoms with van der Waals surface area (Å²) in [6.45, 7) is 4.12. The smallest absolute Gasteiger partial charge is 0.222 e. The summed E-state index contributed by atoms with van der Waals surface area (Å²) >= 11 is 0. The van der Waals surface area contributed by atoms with E-state index in [1.807, 2.05) is 6.08 Å². The van der Waals surface area contributed by atoms with Crippen molar-refractivity contribution in [1.82, 2.24) is 5.32 Å². The zero-order valence-corrected chi connectivity index (χ0v) is 29.5. The molecule has 4 N–H and O–H groups in total. The second kappa shape index (κ2) is 35.2. The molecule has 0 aliphatic heterocycles. The van der Waals surface area contributed by atoms with Crippen molar-refractivity contribution >= 4 is 5.91 Å². The maximum absolute atomic E-state index is 12.3. The van der Waals surface area contributed by atoms with Crippen LogP contribution in [0.4, 0.5) is 0 Å². The molecule has 5 nitrogen and oxygen atoms in total. The van der Waals surface area contributed by atoms with Crippen LogP contribution < -0.4 is 5.32 Å². The standard InChI is InChI=1S/C40H73NO4/c1-3-5-7-9-11-13-14-15-16-17-18-19-20-21-22-23-24-26-27-29-31-33-37(43)35-40(45)41-38(36-42)39(44)34-32-30-28-25-12-10-8-6-4-2/h12,18-19,21-22,25,32,34,37-39,42-44H,3-11,13-17,20,23-24,26-31,33,35-36H2,1-2H3,(H,41,45)/b19-18-,22-21-,25-12+,34-32+. The molecule has 5 heteroatoms. The number of unbranched alkanes of at least 4 members (excludes halogenated alkanes) is 18. The Kier molecular flexibility index (Phi) is 33.8. The number of nitrogens with one attached hydrogen (secondary N) is 1. The molecule has 3 atom stereocenters. The van der Waals surface area contributed by atoms with Crippen LogP contribution >= 0.6 is 0 Å². The lowest BCUT2D eigenvalue weighted by atomic mass is 10.0. The van der Waals surface area contributed by atoms with Crippen molar-refractivity contribution in [2.24, 2.45) is 0 Å². The fourth-order valence-electron chi connectivity index (χ4n) is 5.38. The van der Waals surface area contributed by atoms with Gasteiger partial charge in [-0.05, 0) is 64.2 Å². The molecule has 0 bridgehead atoms. The number of amides is 1. The van der Waals surface area contributed by atoms with Crippen molar-refractivity contribution in [2.75, 3.05) is 6.61 Å². The molecule has 0 aromatic heterocycles. The minimum absolute atomic E-state index is 0.00576. The van der Waals surface area contributed by atoms with Gasteiger partial charge in [0, 0.05) is 0 Å². The summed E-state index contributed by atoms with van der Waals surface area (Å²) < 4.78 is 0. The van der Waals surface area contributed by atoms with Crippen LogP contribution in [-0.2, 0) is 4.79 Å². The highest BCUT2D eigenvalue weighted by molar-refractivity contribution is 5.76. The van der Waals surface area contributed by atoms with E-state index in [1.54, 1.807) is 6.08 Å².